The standard InChI is InChI=1S/CH3NO2.Mg.HNO2.2H/c1-4-2-3;;2-1-3;;/h1H3;;(H,2,3);;. The third-order valence-corrected chi connectivity index (χ3v) is 0.0745. The number of nitrogens with zero attached hydrogens (tertiary/aromatic N) is 2. The molecule has 0 spiro atoms. The van der Waals surface area contributed by atoms with Gasteiger partial charge in [0.1, 0.15) is 7.11 Å². The molecule has 0 aromatic rings. The van der Waals surface area contributed by atoms with Gasteiger partial charge in [0.15, 0.2) is 10.7 Å². The molecule has 0 rings (SSSR count). The lowest BCUT2D eigenvalue weighted by Crippen LogP contribution is -1.53. The summed E-state index contributed by atoms with van der Waals surface area (Å²) in [5, 5.41) is 9.88. The first kappa shape index (κ1) is 15.6. The van der Waals surface area contributed by atoms with Crippen LogP contribution in [0.25, 0.3) is 0 Å². The summed E-state index contributed by atoms with van der Waals surface area (Å²) in [6, 6.07) is 0. The van der Waals surface area contributed by atoms with Crippen LogP contribution in [0.1, 0.15) is 0 Å². The average molecular weight is 134 g/mol. The first-order valence-electron chi connectivity index (χ1n) is 1.16. The summed E-state index contributed by atoms with van der Waals surface area (Å²) >= 11 is 0. The first-order chi connectivity index (χ1) is 3.33. The predicted octanol–water partition coefficient (Wildman–Crippen LogP) is -0.460. The minimum atomic E-state index is 0. The Morgan fingerprint density at radius 1 is 1.50 bits per heavy atom. The summed E-state index contributed by atoms with van der Waals surface area (Å²) in [5.74, 6) is 0. The zero-order chi connectivity index (χ0) is 6.12. The predicted molar refractivity (Wildman–Crippen MR) is 28.9 cm³/mol. The molecule has 8 heavy (non-hydrogen) atoms. The van der Waals surface area contributed by atoms with E-state index in [2.05, 4.69) is 4.84 Å². The minimum absolute atomic E-state index is 0. The molecular weight excluding hydrogens is 128 g/mol. The lowest BCUT2D eigenvalue weighted by atomic mass is 11.7. The van der Waals surface area contributed by atoms with E-state index in [9.17, 15) is 0 Å². The van der Waals surface area contributed by atoms with Crippen LogP contribution in [0.5, 0.6) is 0 Å². The van der Waals surface area contributed by atoms with Crippen molar-refractivity contribution in [3.8, 4) is 0 Å². The normalized spacial score (nSPS) is 4.12. The fourth-order valence-corrected chi connectivity index (χ4v) is 0. The highest BCUT2D eigenvalue weighted by atomic mass is 24.3. The van der Waals surface area contributed by atoms with E-state index in [1.165, 1.54) is 12.4 Å². The van der Waals surface area contributed by atoms with E-state index in [4.69, 9.17) is 15.0 Å². The average Bonchev–Trinajstić information content (AvgIpc) is 1.69. The van der Waals surface area contributed by atoms with Crippen LogP contribution in [0.3, 0.4) is 0 Å². The second-order valence-corrected chi connectivity index (χ2v) is 0.339. The summed E-state index contributed by atoms with van der Waals surface area (Å²) in [7, 11) is 1.20. The summed E-state index contributed by atoms with van der Waals surface area (Å²) in [5.41, 5.74) is 0. The highest BCUT2D eigenvalue weighted by Gasteiger charge is 1.44. The van der Waals surface area contributed by atoms with E-state index in [1.54, 1.807) is 0 Å². The molecule has 0 saturated heterocycles. The third-order valence-electron chi connectivity index (χ3n) is 0.0745. The van der Waals surface area contributed by atoms with Crippen molar-refractivity contribution < 1.29 is 10.0 Å². The lowest BCUT2D eigenvalue weighted by Gasteiger charge is -1.63. The minimum Gasteiger partial charge on any atom is -0.379 e. The van der Waals surface area contributed by atoms with Gasteiger partial charge in [-0.1, -0.05) is 0 Å². The van der Waals surface area contributed by atoms with Crippen molar-refractivity contribution in [2.24, 2.45) is 10.7 Å². The maximum Gasteiger partial charge on any atom is 0.316 e. The van der Waals surface area contributed by atoms with Gasteiger partial charge in [-0.2, -0.15) is 0 Å². The maximum absolute atomic E-state index is 8.70. The van der Waals surface area contributed by atoms with Crippen molar-refractivity contribution in [1.82, 2.24) is 0 Å². The van der Waals surface area contributed by atoms with Gasteiger partial charge < -0.3 is 10.0 Å². The van der Waals surface area contributed by atoms with Crippen LogP contribution in [0.4, 0.5) is 0 Å². The van der Waals surface area contributed by atoms with E-state index in [0.29, 0.717) is 0 Å². The molecule has 0 amide bonds. The zero-order valence-electron chi connectivity index (χ0n) is 3.57. The molecule has 1 N–H and O–H groups in total. The third kappa shape index (κ3) is 362. The topological polar surface area (TPSA) is 88.3 Å². The van der Waals surface area contributed by atoms with Gasteiger partial charge in [-0.15, -0.1) is 9.81 Å². The number of rotatable bonds is 1. The van der Waals surface area contributed by atoms with Crippen molar-refractivity contribution in [2.45, 2.75) is 0 Å². The highest BCUT2D eigenvalue weighted by Crippen LogP contribution is 1.52. The Morgan fingerprint density at radius 3 is 1.62 bits per heavy atom. The quantitative estimate of drug-likeness (QED) is 0.299. The van der Waals surface area contributed by atoms with Crippen molar-refractivity contribution in [3.05, 3.63) is 9.81 Å². The van der Waals surface area contributed by atoms with Crippen molar-refractivity contribution in [3.63, 3.8) is 0 Å². The monoisotopic (exact) mass is 134 g/mol. The molecule has 0 radical (unpaired) electrons. The molecule has 0 saturated carbocycles. The summed E-state index contributed by atoms with van der Waals surface area (Å²) in [6.45, 7) is 0. The molecule has 7 heteroatoms. The van der Waals surface area contributed by atoms with Crippen LogP contribution < -0.4 is 0 Å². The molecule has 0 heterocycles. The van der Waals surface area contributed by atoms with E-state index in [-0.39, 0.29) is 23.1 Å². The van der Waals surface area contributed by atoms with Gasteiger partial charge in [0.2, 0.25) is 0 Å². The lowest BCUT2D eigenvalue weighted by molar-refractivity contribution is 0.208. The molecule has 0 aromatic heterocycles. The largest absolute Gasteiger partial charge is 0.379 e. The maximum atomic E-state index is 8.70. The Morgan fingerprint density at radius 2 is 1.62 bits per heavy atom. The van der Waals surface area contributed by atoms with Gasteiger partial charge >= 0.3 is 23.1 Å². The first-order valence-corrected chi connectivity index (χ1v) is 1.16. The van der Waals surface area contributed by atoms with Gasteiger partial charge in [0, 0.05) is 0 Å². The fourth-order valence-electron chi connectivity index (χ4n) is 0. The zero-order valence-corrected chi connectivity index (χ0v) is 3.57. The molecular formula is CH6MgN2O4. The Kier molecular flexibility index (Phi) is 60.4. The van der Waals surface area contributed by atoms with E-state index in [0.717, 1.165) is 0 Å². The molecule has 0 aliphatic carbocycles. The van der Waals surface area contributed by atoms with Gasteiger partial charge in [0.05, 0.1) is 0 Å². The van der Waals surface area contributed by atoms with Crippen LogP contribution in [0.2, 0.25) is 0 Å². The Hall–Kier alpha value is -0.434. The number of hydrogen-bond donors (Lipinski definition) is 1. The molecule has 0 aromatic carbocycles. The second kappa shape index (κ2) is 30.9. The van der Waals surface area contributed by atoms with E-state index in [1.807, 2.05) is 5.34 Å². The SMILES string of the molecule is CON=O.O=NO.[MgH2]. The number of hydrogen-bond acceptors (Lipinski definition) is 5. The second-order valence-electron chi connectivity index (χ2n) is 0.339. The van der Waals surface area contributed by atoms with Crippen LogP contribution in [-0.2, 0) is 4.84 Å². The van der Waals surface area contributed by atoms with Gasteiger partial charge in [-0.3, -0.25) is 0 Å². The summed E-state index contributed by atoms with van der Waals surface area (Å²) < 4.78 is 0. The smallest absolute Gasteiger partial charge is 0.316 e. The van der Waals surface area contributed by atoms with Crippen molar-refractivity contribution >= 4 is 23.1 Å². The Balaban J connectivity index is -0.0000000575. The van der Waals surface area contributed by atoms with Crippen LogP contribution in [0.15, 0.2) is 10.7 Å². The molecule has 0 aliphatic heterocycles. The summed E-state index contributed by atoms with van der Waals surface area (Å²) in [4.78, 5) is 20.4. The van der Waals surface area contributed by atoms with Crippen LogP contribution in [-0.4, -0.2) is 35.4 Å². The Bertz CT molecular complexity index is 49.3. The van der Waals surface area contributed by atoms with Crippen LogP contribution in [0, 0.1) is 9.81 Å². The molecule has 0 fully saturated rings. The van der Waals surface area contributed by atoms with Crippen molar-refractivity contribution in [2.75, 3.05) is 7.11 Å². The molecule has 46 valence electrons. The fraction of sp³-hybridized carbons (Fsp3) is 1.00. The molecule has 0 bridgehead atoms. The van der Waals surface area contributed by atoms with E-state index < -0.39 is 0 Å². The summed E-state index contributed by atoms with van der Waals surface area (Å²) in [6.07, 6.45) is 0. The highest BCUT2D eigenvalue weighted by molar-refractivity contribution is 5.75. The van der Waals surface area contributed by atoms with Gasteiger partial charge in [0.25, 0.3) is 0 Å². The molecule has 6 nitrogen and oxygen atoms in total. The van der Waals surface area contributed by atoms with Crippen molar-refractivity contribution in [1.29, 1.82) is 0 Å². The molecule has 0 unspecified atom stereocenters. The Labute approximate surface area is 61.2 Å². The van der Waals surface area contributed by atoms with Crippen LogP contribution >= 0.6 is 0 Å². The van der Waals surface area contributed by atoms with Gasteiger partial charge in [-0.05, 0) is 0 Å². The van der Waals surface area contributed by atoms with E-state index >= 15 is 0 Å². The molecule has 0 atom stereocenters. The molecule has 0 aliphatic rings. The van der Waals surface area contributed by atoms with Gasteiger partial charge in [-0.25, -0.2) is 0 Å².